The zero-order valence-corrected chi connectivity index (χ0v) is 18.8. The summed E-state index contributed by atoms with van der Waals surface area (Å²) >= 11 is 0. The first-order valence-corrected chi connectivity index (χ1v) is 11.5. The number of nitrogens with two attached hydrogens (primary N) is 2. The summed E-state index contributed by atoms with van der Waals surface area (Å²) in [6.45, 7) is 11.0. The van der Waals surface area contributed by atoms with Crippen molar-refractivity contribution >= 4 is 0 Å². The zero-order chi connectivity index (χ0) is 21.3. The minimum absolute atomic E-state index is 0.350. The molecule has 4 nitrogen and oxygen atoms in total. The summed E-state index contributed by atoms with van der Waals surface area (Å²) in [7, 11) is 0. The van der Waals surface area contributed by atoms with Crippen LogP contribution in [0.5, 0.6) is 0 Å². The van der Waals surface area contributed by atoms with E-state index in [1.165, 1.54) is 37.1 Å². The van der Waals surface area contributed by atoms with Gasteiger partial charge in [-0.15, -0.1) is 0 Å². The van der Waals surface area contributed by atoms with Gasteiger partial charge in [-0.3, -0.25) is 9.80 Å². The molecule has 2 heterocycles. The Hall–Kier alpha value is -1.72. The normalized spacial score (nSPS) is 27.9. The molecule has 0 aromatic heterocycles. The minimum Gasteiger partial charge on any atom is -0.326 e. The highest BCUT2D eigenvalue weighted by atomic mass is 15.1. The van der Waals surface area contributed by atoms with Crippen molar-refractivity contribution in [3.05, 3.63) is 71.8 Å². The molecule has 2 aromatic rings. The summed E-state index contributed by atoms with van der Waals surface area (Å²) in [5.41, 5.74) is 14.9. The highest BCUT2D eigenvalue weighted by Gasteiger charge is 2.23. The van der Waals surface area contributed by atoms with Crippen molar-refractivity contribution in [2.75, 3.05) is 26.2 Å². The molecule has 0 radical (unpaired) electrons. The molecule has 0 bridgehead atoms. The summed E-state index contributed by atoms with van der Waals surface area (Å²) < 4.78 is 0. The van der Waals surface area contributed by atoms with Crippen LogP contribution in [0.4, 0.5) is 0 Å². The Morgan fingerprint density at radius 2 is 1.03 bits per heavy atom. The lowest BCUT2D eigenvalue weighted by atomic mass is 9.94. The molecule has 2 aliphatic rings. The summed E-state index contributed by atoms with van der Waals surface area (Å²) in [5, 5.41) is 0. The molecule has 0 amide bonds. The zero-order valence-electron chi connectivity index (χ0n) is 18.8. The number of piperidine rings is 2. The predicted octanol–water partition coefficient (Wildman–Crippen LogP) is 3.71. The molecule has 0 spiro atoms. The first-order valence-electron chi connectivity index (χ1n) is 11.5. The second-order valence-electron chi connectivity index (χ2n) is 9.30. The second-order valence-corrected chi connectivity index (χ2v) is 9.30. The lowest BCUT2D eigenvalue weighted by molar-refractivity contribution is 0.162. The largest absolute Gasteiger partial charge is 0.326 e. The number of hydrogen-bond donors (Lipinski definition) is 2. The van der Waals surface area contributed by atoms with Crippen molar-refractivity contribution in [3.8, 4) is 0 Å². The molecule has 30 heavy (non-hydrogen) atoms. The summed E-state index contributed by atoms with van der Waals surface area (Å²) in [4.78, 5) is 4.92. The average Bonchev–Trinajstić information content (AvgIpc) is 2.75. The van der Waals surface area contributed by atoms with E-state index in [0.717, 1.165) is 26.2 Å². The van der Waals surface area contributed by atoms with Gasteiger partial charge in [0, 0.05) is 38.3 Å². The van der Waals surface area contributed by atoms with E-state index >= 15 is 0 Å². The van der Waals surface area contributed by atoms with Crippen molar-refractivity contribution in [1.82, 2.24) is 9.80 Å². The van der Waals surface area contributed by atoms with E-state index in [9.17, 15) is 0 Å². The second kappa shape index (κ2) is 11.6. The molecule has 2 fully saturated rings. The van der Waals surface area contributed by atoms with Gasteiger partial charge < -0.3 is 11.5 Å². The fourth-order valence-electron chi connectivity index (χ4n) is 4.31. The van der Waals surface area contributed by atoms with Gasteiger partial charge in [-0.2, -0.15) is 0 Å². The number of nitrogens with zero attached hydrogens (tertiary/aromatic N) is 2. The van der Waals surface area contributed by atoms with Crippen LogP contribution in [0.1, 0.15) is 37.8 Å². The Bertz CT molecular complexity index is 657. The standard InChI is InChI=1S/2C13H20N2/c2*1-11-7-8-15(10-13(11)14)9-12-5-3-2-4-6-12/h2*2-6,11,13H,7-10,14H2,1H3/t2*11-,13+/m10/s1. The lowest BCUT2D eigenvalue weighted by Gasteiger charge is -2.35. The highest BCUT2D eigenvalue weighted by Crippen LogP contribution is 2.18. The van der Waals surface area contributed by atoms with Gasteiger partial charge in [0.05, 0.1) is 0 Å². The third kappa shape index (κ3) is 7.21. The average molecular weight is 409 g/mol. The van der Waals surface area contributed by atoms with E-state index < -0.39 is 0 Å². The highest BCUT2D eigenvalue weighted by molar-refractivity contribution is 5.15. The van der Waals surface area contributed by atoms with Gasteiger partial charge in [0.2, 0.25) is 0 Å². The molecule has 2 saturated heterocycles. The van der Waals surface area contributed by atoms with Crippen LogP contribution in [0.3, 0.4) is 0 Å². The van der Waals surface area contributed by atoms with E-state index in [2.05, 4.69) is 84.3 Å². The summed E-state index contributed by atoms with van der Waals surface area (Å²) in [6, 6.07) is 22.0. The van der Waals surface area contributed by atoms with E-state index in [-0.39, 0.29) is 0 Å². The maximum absolute atomic E-state index is 6.08. The predicted molar refractivity (Wildman–Crippen MR) is 127 cm³/mol. The Balaban J connectivity index is 0.000000171. The Labute approximate surface area is 183 Å². The van der Waals surface area contributed by atoms with Gasteiger partial charge in [0.1, 0.15) is 0 Å². The third-order valence-electron chi connectivity index (χ3n) is 6.70. The molecule has 4 rings (SSSR count). The van der Waals surface area contributed by atoms with Gasteiger partial charge in [0.15, 0.2) is 0 Å². The monoisotopic (exact) mass is 408 g/mol. The van der Waals surface area contributed by atoms with Crippen LogP contribution in [-0.4, -0.2) is 48.1 Å². The Kier molecular flexibility index (Phi) is 8.88. The molecule has 0 unspecified atom stereocenters. The fourth-order valence-corrected chi connectivity index (χ4v) is 4.31. The van der Waals surface area contributed by atoms with Crippen LogP contribution in [0, 0.1) is 11.8 Å². The van der Waals surface area contributed by atoms with Crippen LogP contribution < -0.4 is 11.5 Å². The molecule has 4 heteroatoms. The Morgan fingerprint density at radius 3 is 1.37 bits per heavy atom. The van der Waals surface area contributed by atoms with Crippen LogP contribution in [0.25, 0.3) is 0 Å². The summed E-state index contributed by atoms with van der Waals surface area (Å²) in [6.07, 6.45) is 2.46. The quantitative estimate of drug-likeness (QED) is 0.810. The number of benzene rings is 2. The van der Waals surface area contributed by atoms with E-state index in [4.69, 9.17) is 11.5 Å². The molecular formula is C26H40N4. The lowest BCUT2D eigenvalue weighted by Crippen LogP contribution is -2.47. The first-order chi connectivity index (χ1) is 14.5. The smallest absolute Gasteiger partial charge is 0.0234 e. The van der Waals surface area contributed by atoms with Crippen LogP contribution >= 0.6 is 0 Å². The molecule has 0 aliphatic carbocycles. The number of hydrogen-bond acceptors (Lipinski definition) is 4. The third-order valence-corrected chi connectivity index (χ3v) is 6.70. The Morgan fingerprint density at radius 1 is 0.667 bits per heavy atom. The van der Waals surface area contributed by atoms with Crippen LogP contribution in [0.15, 0.2) is 60.7 Å². The molecule has 0 saturated carbocycles. The van der Waals surface area contributed by atoms with Crippen LogP contribution in [0.2, 0.25) is 0 Å². The maximum atomic E-state index is 6.08. The minimum atomic E-state index is 0.350. The molecular weight excluding hydrogens is 368 g/mol. The molecule has 164 valence electrons. The van der Waals surface area contributed by atoms with Crippen molar-refractivity contribution in [2.24, 2.45) is 23.3 Å². The van der Waals surface area contributed by atoms with Crippen molar-refractivity contribution in [1.29, 1.82) is 0 Å². The maximum Gasteiger partial charge on any atom is 0.0234 e. The van der Waals surface area contributed by atoms with Gasteiger partial charge in [-0.05, 0) is 48.9 Å². The first kappa shape index (κ1) is 23.0. The van der Waals surface area contributed by atoms with Crippen molar-refractivity contribution < 1.29 is 0 Å². The van der Waals surface area contributed by atoms with Crippen molar-refractivity contribution in [3.63, 3.8) is 0 Å². The van der Waals surface area contributed by atoms with E-state index in [0.29, 0.717) is 23.9 Å². The molecule has 2 aliphatic heterocycles. The molecule has 4 N–H and O–H groups in total. The van der Waals surface area contributed by atoms with Gasteiger partial charge in [0.25, 0.3) is 0 Å². The van der Waals surface area contributed by atoms with Gasteiger partial charge >= 0.3 is 0 Å². The molecule has 4 atom stereocenters. The van der Waals surface area contributed by atoms with E-state index in [1.807, 2.05) is 0 Å². The topological polar surface area (TPSA) is 58.5 Å². The number of likely N-dealkylation sites (tertiary alicyclic amines) is 2. The SMILES string of the molecule is C[C@@H]1CCN(Cc2ccccc2)C[C@@H]1N.C[C@H]1CCN(Cc2ccccc2)C[C@H]1N. The fraction of sp³-hybridized carbons (Fsp3) is 0.538. The molecule has 2 aromatic carbocycles. The van der Waals surface area contributed by atoms with Crippen LogP contribution in [-0.2, 0) is 13.1 Å². The van der Waals surface area contributed by atoms with E-state index in [1.54, 1.807) is 0 Å². The number of rotatable bonds is 4. The van der Waals surface area contributed by atoms with Gasteiger partial charge in [-0.25, -0.2) is 0 Å². The summed E-state index contributed by atoms with van der Waals surface area (Å²) in [5.74, 6) is 1.36. The van der Waals surface area contributed by atoms with Gasteiger partial charge in [-0.1, -0.05) is 74.5 Å². The van der Waals surface area contributed by atoms with Crippen molar-refractivity contribution in [2.45, 2.75) is 51.9 Å².